The number of nitro groups is 2. The zero-order chi connectivity index (χ0) is 28.7. The monoisotopic (exact) mass is 591 g/mol. The lowest BCUT2D eigenvalue weighted by Gasteiger charge is -2.29. The van der Waals surface area contributed by atoms with Crippen molar-refractivity contribution in [3.8, 4) is 0 Å². The zero-order valence-electron chi connectivity index (χ0n) is 20.7. The van der Waals surface area contributed by atoms with Gasteiger partial charge in [-0.05, 0) is 73.1 Å². The lowest BCUT2D eigenvalue weighted by Crippen LogP contribution is -2.54. The van der Waals surface area contributed by atoms with E-state index in [-0.39, 0.29) is 32.5 Å². The molecular formula is C26H17N5O6S3. The molecule has 0 saturated carbocycles. The number of nitro benzene ring substituents is 2. The second kappa shape index (κ2) is 10.6. The van der Waals surface area contributed by atoms with Crippen LogP contribution >= 0.6 is 35.3 Å². The average Bonchev–Trinajstić information content (AvgIpc) is 3.28. The second-order valence-corrected chi connectivity index (χ2v) is 11.5. The summed E-state index contributed by atoms with van der Waals surface area (Å²) in [6, 6.07) is 14.1. The van der Waals surface area contributed by atoms with Gasteiger partial charge in [0.05, 0.1) is 30.6 Å². The van der Waals surface area contributed by atoms with E-state index in [1.165, 1.54) is 52.6 Å². The number of carbonyl (C=O) groups is 2. The number of nitrogens with one attached hydrogen (secondary N) is 1. The Labute approximate surface area is 239 Å². The van der Waals surface area contributed by atoms with Crippen LogP contribution in [0.25, 0.3) is 16.3 Å². The van der Waals surface area contributed by atoms with E-state index in [1.807, 2.05) is 19.9 Å². The van der Waals surface area contributed by atoms with E-state index < -0.39 is 21.7 Å². The van der Waals surface area contributed by atoms with Gasteiger partial charge in [0, 0.05) is 18.2 Å². The van der Waals surface area contributed by atoms with Crippen LogP contribution in [0.5, 0.6) is 0 Å². The Balaban J connectivity index is 1.47. The number of aromatic nitrogens is 1. The summed E-state index contributed by atoms with van der Waals surface area (Å²) in [5.74, 6) is -1.36. The molecule has 1 aromatic heterocycles. The van der Waals surface area contributed by atoms with Crippen molar-refractivity contribution in [2.24, 2.45) is 0 Å². The van der Waals surface area contributed by atoms with E-state index in [1.54, 1.807) is 18.2 Å². The first-order valence-electron chi connectivity index (χ1n) is 11.5. The van der Waals surface area contributed by atoms with Gasteiger partial charge in [-0.15, -0.1) is 11.3 Å². The van der Waals surface area contributed by atoms with Crippen LogP contribution in [0.3, 0.4) is 0 Å². The number of non-ortho nitro benzene ring substituents is 1. The summed E-state index contributed by atoms with van der Waals surface area (Å²) < 4.78 is 1.04. The fourth-order valence-electron chi connectivity index (χ4n) is 4.13. The van der Waals surface area contributed by atoms with Crippen LogP contribution in [0.4, 0.5) is 17.1 Å². The van der Waals surface area contributed by atoms with Crippen molar-refractivity contribution < 1.29 is 19.4 Å². The maximum Gasteiger partial charge on any atom is 0.283 e. The highest BCUT2D eigenvalue weighted by Crippen LogP contribution is 2.40. The number of benzene rings is 3. The molecule has 5 rings (SSSR count). The Morgan fingerprint density at radius 1 is 1.00 bits per heavy atom. The lowest BCUT2D eigenvalue weighted by atomic mass is 10.1. The largest absolute Gasteiger partial charge is 0.298 e. The number of carbonyl (C=O) groups excluding carboxylic acids is 2. The minimum absolute atomic E-state index is 0.0592. The van der Waals surface area contributed by atoms with Gasteiger partial charge in [-0.25, -0.2) is 4.98 Å². The second-order valence-electron chi connectivity index (χ2n) is 8.78. The molecule has 0 bridgehead atoms. The summed E-state index contributed by atoms with van der Waals surface area (Å²) in [5.41, 5.74) is 2.56. The average molecular weight is 592 g/mol. The van der Waals surface area contributed by atoms with Gasteiger partial charge in [-0.3, -0.25) is 40.0 Å². The summed E-state index contributed by atoms with van der Waals surface area (Å²) in [6.45, 7) is 3.75. The summed E-state index contributed by atoms with van der Waals surface area (Å²) in [5, 5.41) is 25.4. The van der Waals surface area contributed by atoms with Gasteiger partial charge in [0.25, 0.3) is 23.2 Å². The zero-order valence-corrected chi connectivity index (χ0v) is 23.2. The van der Waals surface area contributed by atoms with Crippen LogP contribution in [0, 0.1) is 34.1 Å². The first kappa shape index (κ1) is 27.1. The number of rotatable bonds is 6. The lowest BCUT2D eigenvalue weighted by molar-refractivity contribution is -0.387. The van der Waals surface area contributed by atoms with Crippen LogP contribution in [-0.4, -0.2) is 31.8 Å². The van der Waals surface area contributed by atoms with Gasteiger partial charge >= 0.3 is 0 Å². The quantitative estimate of drug-likeness (QED) is 0.0978. The molecule has 4 aromatic rings. The third kappa shape index (κ3) is 5.32. The number of anilines is 1. The Morgan fingerprint density at radius 2 is 1.73 bits per heavy atom. The van der Waals surface area contributed by atoms with Crippen molar-refractivity contribution in [3.05, 3.63) is 97.1 Å². The van der Waals surface area contributed by atoms with Crippen LogP contribution in [-0.2, 0) is 9.59 Å². The molecule has 2 heterocycles. The molecule has 1 N–H and O–H groups in total. The molecule has 0 atom stereocenters. The molecule has 1 fully saturated rings. The molecule has 0 unspecified atom stereocenters. The molecule has 14 heteroatoms. The van der Waals surface area contributed by atoms with E-state index in [9.17, 15) is 29.8 Å². The highest BCUT2D eigenvalue weighted by atomic mass is 32.2. The third-order valence-electron chi connectivity index (χ3n) is 5.82. The normalized spacial score (nSPS) is 14.6. The molecule has 0 radical (unpaired) electrons. The minimum Gasteiger partial charge on any atom is -0.298 e. The molecule has 2 amide bonds. The number of fused-ring (bicyclic) bond motifs is 1. The maximum absolute atomic E-state index is 13.4. The molecule has 1 aliphatic rings. The number of hydrogen-bond donors (Lipinski definition) is 1. The summed E-state index contributed by atoms with van der Waals surface area (Å²) in [7, 11) is 0. The van der Waals surface area contributed by atoms with Gasteiger partial charge in [0.15, 0.2) is 9.45 Å². The molecule has 3 aromatic carbocycles. The Morgan fingerprint density at radius 3 is 2.40 bits per heavy atom. The SMILES string of the molecule is Cc1cc(C)cc(N2C(=O)/C(=C/c3ccc(Sc4nc5ccc([N+](=O)[O-])cc5s4)c([N+](=O)[O-])c3)C(=O)NC2=S)c1. The number of aryl methyl sites for hydroxylation is 2. The predicted molar refractivity (Wildman–Crippen MR) is 156 cm³/mol. The molecule has 0 aliphatic carbocycles. The first-order chi connectivity index (χ1) is 19.0. The smallest absolute Gasteiger partial charge is 0.283 e. The third-order valence-corrected chi connectivity index (χ3v) is 8.25. The Hall–Kier alpha value is -4.53. The molecule has 1 saturated heterocycles. The standard InChI is InChI=1S/C26H17N5O6S3/c1-13-7-14(2)9-17(8-13)29-24(33)18(23(32)28-25(29)38)10-15-3-6-21(20(11-15)31(36)37)39-26-27-19-5-4-16(30(34)35)12-22(19)40-26/h3-12H,1-2H3,(H,28,32,38)/b18-10+. The number of hydrogen-bond acceptors (Lipinski definition) is 10. The van der Waals surface area contributed by atoms with Crippen molar-refractivity contribution in [1.29, 1.82) is 0 Å². The number of nitrogens with zero attached hydrogens (tertiary/aromatic N) is 4. The molecule has 0 spiro atoms. The Bertz CT molecular complexity index is 1800. The fourth-order valence-corrected chi connectivity index (χ4v) is 6.56. The maximum atomic E-state index is 13.4. The first-order valence-corrected chi connectivity index (χ1v) is 13.6. The topological polar surface area (TPSA) is 149 Å². The van der Waals surface area contributed by atoms with Crippen LogP contribution in [0.1, 0.15) is 16.7 Å². The summed E-state index contributed by atoms with van der Waals surface area (Å²) >= 11 is 7.48. The van der Waals surface area contributed by atoms with Crippen LogP contribution in [0.2, 0.25) is 0 Å². The molecule has 40 heavy (non-hydrogen) atoms. The van der Waals surface area contributed by atoms with Gasteiger partial charge in [-0.1, -0.05) is 23.9 Å². The van der Waals surface area contributed by atoms with Crippen molar-refractivity contribution >= 4 is 85.6 Å². The predicted octanol–water partition coefficient (Wildman–Crippen LogP) is 5.71. The highest BCUT2D eigenvalue weighted by molar-refractivity contribution is 8.01. The fraction of sp³-hybridized carbons (Fsp3) is 0.0769. The summed E-state index contributed by atoms with van der Waals surface area (Å²) in [4.78, 5) is 53.9. The summed E-state index contributed by atoms with van der Waals surface area (Å²) in [6.07, 6.45) is 1.29. The molecule has 200 valence electrons. The number of amides is 2. The molecule has 1 aliphatic heterocycles. The van der Waals surface area contributed by atoms with Crippen molar-refractivity contribution in [2.45, 2.75) is 23.1 Å². The van der Waals surface area contributed by atoms with E-state index >= 15 is 0 Å². The van der Waals surface area contributed by atoms with Crippen molar-refractivity contribution in [1.82, 2.24) is 10.3 Å². The van der Waals surface area contributed by atoms with E-state index in [2.05, 4.69) is 10.3 Å². The molecule has 11 nitrogen and oxygen atoms in total. The number of thiocarbonyl (C=S) groups is 1. The van der Waals surface area contributed by atoms with Gasteiger partial charge in [0.1, 0.15) is 5.57 Å². The van der Waals surface area contributed by atoms with Crippen molar-refractivity contribution in [2.75, 3.05) is 4.90 Å². The van der Waals surface area contributed by atoms with Gasteiger partial charge < -0.3 is 0 Å². The van der Waals surface area contributed by atoms with Gasteiger partial charge in [-0.2, -0.15) is 0 Å². The highest BCUT2D eigenvalue weighted by Gasteiger charge is 2.35. The molecular weight excluding hydrogens is 575 g/mol. The minimum atomic E-state index is -0.708. The van der Waals surface area contributed by atoms with E-state index in [0.717, 1.165) is 22.9 Å². The number of thiazole rings is 1. The van der Waals surface area contributed by atoms with E-state index in [0.29, 0.717) is 20.2 Å². The van der Waals surface area contributed by atoms with E-state index in [4.69, 9.17) is 12.2 Å². The van der Waals surface area contributed by atoms with Gasteiger partial charge in [0.2, 0.25) is 0 Å². The van der Waals surface area contributed by atoms with Crippen LogP contribution in [0.15, 0.2) is 69.4 Å². The van der Waals surface area contributed by atoms with Crippen molar-refractivity contribution in [3.63, 3.8) is 0 Å². The van der Waals surface area contributed by atoms with Crippen LogP contribution < -0.4 is 10.2 Å². The Kier molecular flexibility index (Phi) is 7.14.